The van der Waals surface area contributed by atoms with E-state index in [-0.39, 0.29) is 0 Å². The Morgan fingerprint density at radius 2 is 1.56 bits per heavy atom. The van der Waals surface area contributed by atoms with Crippen molar-refractivity contribution in [3.63, 3.8) is 0 Å². The molecule has 27 heavy (non-hydrogen) atoms. The minimum absolute atomic E-state index is 0.664. The van der Waals surface area contributed by atoms with Crippen molar-refractivity contribution in [1.82, 2.24) is 9.55 Å². The van der Waals surface area contributed by atoms with Gasteiger partial charge in [0, 0.05) is 26.3 Å². The van der Waals surface area contributed by atoms with E-state index in [2.05, 4.69) is 22.8 Å². The summed E-state index contributed by atoms with van der Waals surface area (Å²) in [7, 11) is 4.01. The molecule has 0 amide bonds. The largest absolute Gasteiger partial charge is 0.380 e. The van der Waals surface area contributed by atoms with Crippen molar-refractivity contribution in [3.8, 4) is 0 Å². The molecule has 0 radical (unpaired) electrons. The van der Waals surface area contributed by atoms with E-state index < -0.39 is 6.10 Å². The van der Waals surface area contributed by atoms with Gasteiger partial charge in [0.2, 0.25) is 0 Å². The predicted molar refractivity (Wildman–Crippen MR) is 110 cm³/mol. The molecule has 0 saturated carbocycles. The summed E-state index contributed by atoms with van der Waals surface area (Å²) < 4.78 is 2.11. The van der Waals surface area contributed by atoms with Crippen LogP contribution in [-0.2, 0) is 6.54 Å². The van der Waals surface area contributed by atoms with E-state index in [0.29, 0.717) is 12.4 Å². The predicted octanol–water partition coefficient (Wildman–Crippen LogP) is 4.23. The first kappa shape index (κ1) is 17.3. The van der Waals surface area contributed by atoms with Crippen molar-refractivity contribution >= 4 is 16.7 Å². The highest BCUT2D eigenvalue weighted by Crippen LogP contribution is 2.27. The first-order valence-corrected chi connectivity index (χ1v) is 9.08. The molecule has 0 aliphatic rings. The second kappa shape index (κ2) is 7.25. The van der Waals surface area contributed by atoms with Gasteiger partial charge in [-0.05, 0) is 35.4 Å². The molecule has 0 saturated heterocycles. The maximum Gasteiger partial charge on any atom is 0.143 e. The standard InChI is InChI=1S/C23H23N3O/c1-25(2)19-14-12-18(13-15-19)22(27)23-24-20-10-6-7-11-21(20)26(23)16-17-8-4-3-5-9-17/h3-15,22,27H,16H2,1-2H3/t22-/m0/s1. The lowest BCUT2D eigenvalue weighted by molar-refractivity contribution is 0.206. The second-order valence-electron chi connectivity index (χ2n) is 6.92. The molecule has 136 valence electrons. The fraction of sp³-hybridized carbons (Fsp3) is 0.174. The Morgan fingerprint density at radius 3 is 2.26 bits per heavy atom. The molecular formula is C23H23N3O. The molecule has 3 aromatic carbocycles. The van der Waals surface area contributed by atoms with E-state index in [1.165, 1.54) is 5.56 Å². The van der Waals surface area contributed by atoms with Crippen LogP contribution in [0, 0.1) is 0 Å². The van der Waals surface area contributed by atoms with Crippen LogP contribution >= 0.6 is 0 Å². The molecule has 4 nitrogen and oxygen atoms in total. The lowest BCUT2D eigenvalue weighted by Gasteiger charge is -2.17. The molecule has 1 aromatic heterocycles. The lowest BCUT2D eigenvalue weighted by Crippen LogP contribution is -2.12. The highest BCUT2D eigenvalue weighted by atomic mass is 16.3. The molecule has 0 aliphatic heterocycles. The summed E-state index contributed by atoms with van der Waals surface area (Å²) >= 11 is 0. The van der Waals surface area contributed by atoms with Crippen LogP contribution in [0.15, 0.2) is 78.9 Å². The van der Waals surface area contributed by atoms with E-state index in [1.807, 2.05) is 79.7 Å². The van der Waals surface area contributed by atoms with Crippen molar-refractivity contribution < 1.29 is 5.11 Å². The number of anilines is 1. The summed E-state index contributed by atoms with van der Waals surface area (Å²) in [6, 6.07) is 26.3. The molecule has 4 aromatic rings. The quantitative estimate of drug-likeness (QED) is 0.581. The molecule has 0 unspecified atom stereocenters. The highest BCUT2D eigenvalue weighted by Gasteiger charge is 2.20. The first-order valence-electron chi connectivity index (χ1n) is 9.08. The molecule has 0 bridgehead atoms. The molecule has 1 N–H and O–H groups in total. The van der Waals surface area contributed by atoms with Gasteiger partial charge in [-0.15, -0.1) is 0 Å². The van der Waals surface area contributed by atoms with Gasteiger partial charge in [-0.2, -0.15) is 0 Å². The minimum Gasteiger partial charge on any atom is -0.380 e. The average molecular weight is 357 g/mol. The number of aliphatic hydroxyl groups excluding tert-OH is 1. The topological polar surface area (TPSA) is 41.3 Å². The number of para-hydroxylation sites is 2. The van der Waals surface area contributed by atoms with Crippen molar-refractivity contribution in [2.45, 2.75) is 12.6 Å². The van der Waals surface area contributed by atoms with Crippen LogP contribution in [0.4, 0.5) is 5.69 Å². The van der Waals surface area contributed by atoms with Crippen molar-refractivity contribution in [3.05, 3.63) is 95.8 Å². The third-order valence-corrected chi connectivity index (χ3v) is 4.84. The van der Waals surface area contributed by atoms with Gasteiger partial charge in [0.05, 0.1) is 11.0 Å². The zero-order chi connectivity index (χ0) is 18.8. The van der Waals surface area contributed by atoms with E-state index >= 15 is 0 Å². The average Bonchev–Trinajstić information content (AvgIpc) is 3.07. The molecule has 0 fully saturated rings. The summed E-state index contributed by atoms with van der Waals surface area (Å²) in [5.41, 5.74) is 5.04. The van der Waals surface area contributed by atoms with Gasteiger partial charge in [-0.1, -0.05) is 54.6 Å². The monoisotopic (exact) mass is 357 g/mol. The maximum absolute atomic E-state index is 11.1. The van der Waals surface area contributed by atoms with Crippen LogP contribution in [0.2, 0.25) is 0 Å². The number of imidazole rings is 1. The Labute approximate surface area is 159 Å². The van der Waals surface area contributed by atoms with Crippen molar-refractivity contribution in [2.75, 3.05) is 19.0 Å². The van der Waals surface area contributed by atoms with Crippen LogP contribution in [0.5, 0.6) is 0 Å². The SMILES string of the molecule is CN(C)c1ccc([C@H](O)c2nc3ccccc3n2Cc2ccccc2)cc1. The zero-order valence-corrected chi connectivity index (χ0v) is 15.6. The van der Waals surface area contributed by atoms with Gasteiger partial charge in [0.1, 0.15) is 11.9 Å². The van der Waals surface area contributed by atoms with Crippen LogP contribution < -0.4 is 4.90 Å². The molecule has 1 atom stereocenters. The normalized spacial score (nSPS) is 12.3. The van der Waals surface area contributed by atoms with Gasteiger partial charge in [-0.25, -0.2) is 4.98 Å². The van der Waals surface area contributed by atoms with Gasteiger partial charge < -0.3 is 14.6 Å². The molecule has 4 heteroatoms. The minimum atomic E-state index is -0.780. The molecule has 4 rings (SSSR count). The van der Waals surface area contributed by atoms with Crippen LogP contribution in [0.1, 0.15) is 23.1 Å². The van der Waals surface area contributed by atoms with Gasteiger partial charge in [0.25, 0.3) is 0 Å². The Balaban J connectivity index is 1.77. The summed E-state index contributed by atoms with van der Waals surface area (Å²) in [4.78, 5) is 6.79. The van der Waals surface area contributed by atoms with Crippen LogP contribution in [0.3, 0.4) is 0 Å². The number of aliphatic hydroxyl groups is 1. The van der Waals surface area contributed by atoms with E-state index in [9.17, 15) is 5.11 Å². The Morgan fingerprint density at radius 1 is 0.889 bits per heavy atom. The molecule has 0 aliphatic carbocycles. The number of rotatable bonds is 5. The second-order valence-corrected chi connectivity index (χ2v) is 6.92. The smallest absolute Gasteiger partial charge is 0.143 e. The fourth-order valence-corrected chi connectivity index (χ4v) is 3.34. The van der Waals surface area contributed by atoms with Crippen LogP contribution in [-0.4, -0.2) is 28.8 Å². The Hall–Kier alpha value is -3.11. The Kier molecular flexibility index (Phi) is 4.65. The summed E-state index contributed by atoms with van der Waals surface area (Å²) in [5, 5.41) is 11.1. The van der Waals surface area contributed by atoms with Gasteiger partial charge in [-0.3, -0.25) is 0 Å². The molecule has 0 spiro atoms. The van der Waals surface area contributed by atoms with E-state index in [1.54, 1.807) is 0 Å². The summed E-state index contributed by atoms with van der Waals surface area (Å²) in [5.74, 6) is 0.664. The van der Waals surface area contributed by atoms with Crippen molar-refractivity contribution in [1.29, 1.82) is 0 Å². The number of hydrogen-bond donors (Lipinski definition) is 1. The van der Waals surface area contributed by atoms with Crippen molar-refractivity contribution in [2.24, 2.45) is 0 Å². The highest BCUT2D eigenvalue weighted by molar-refractivity contribution is 5.76. The Bertz CT molecular complexity index is 1040. The number of nitrogens with zero attached hydrogens (tertiary/aromatic N) is 3. The first-order chi connectivity index (χ1) is 13.1. The summed E-state index contributed by atoms with van der Waals surface area (Å²) in [6.45, 7) is 0.670. The van der Waals surface area contributed by atoms with E-state index in [0.717, 1.165) is 22.3 Å². The number of benzene rings is 3. The van der Waals surface area contributed by atoms with Gasteiger partial charge >= 0.3 is 0 Å². The van der Waals surface area contributed by atoms with Gasteiger partial charge in [0.15, 0.2) is 0 Å². The summed E-state index contributed by atoms with van der Waals surface area (Å²) in [6.07, 6.45) is -0.780. The number of aromatic nitrogens is 2. The molecular weight excluding hydrogens is 334 g/mol. The molecule has 1 heterocycles. The van der Waals surface area contributed by atoms with E-state index in [4.69, 9.17) is 4.98 Å². The fourth-order valence-electron chi connectivity index (χ4n) is 3.34. The maximum atomic E-state index is 11.1. The third-order valence-electron chi connectivity index (χ3n) is 4.84. The number of fused-ring (bicyclic) bond motifs is 1. The van der Waals surface area contributed by atoms with Crippen LogP contribution in [0.25, 0.3) is 11.0 Å². The lowest BCUT2D eigenvalue weighted by atomic mass is 10.1. The number of hydrogen-bond acceptors (Lipinski definition) is 3. The third kappa shape index (κ3) is 3.44. The zero-order valence-electron chi connectivity index (χ0n) is 15.6.